The topological polar surface area (TPSA) is 9.23 Å². The summed E-state index contributed by atoms with van der Waals surface area (Å²) in [5, 5.41) is 0. The predicted octanol–water partition coefficient (Wildman–Crippen LogP) is 6.30. The molecule has 130 valence electrons. The minimum atomic E-state index is 0.659. The standard InChI is InChI=1S/C10H16.C9H12.C3H8O/c1-7-2-9-4-8(1)5-10(3-7)6-9;1-8(2)9-6-4-3-5-7-9;1-3-4-2/h7-10H,1-6H2;3-8H,1-2H3;3H2,1-2H3. The van der Waals surface area contributed by atoms with Gasteiger partial charge in [0, 0.05) is 13.7 Å². The largest absolute Gasteiger partial charge is 0.385 e. The lowest BCUT2D eigenvalue weighted by atomic mass is 9.56. The molecule has 0 N–H and O–H groups in total. The van der Waals surface area contributed by atoms with Crippen LogP contribution in [-0.2, 0) is 4.74 Å². The first-order valence-corrected chi connectivity index (χ1v) is 9.66. The molecule has 0 heterocycles. The lowest BCUT2D eigenvalue weighted by molar-refractivity contribution is 0.0198. The maximum absolute atomic E-state index is 4.54. The third kappa shape index (κ3) is 5.95. The van der Waals surface area contributed by atoms with E-state index in [-0.39, 0.29) is 0 Å². The van der Waals surface area contributed by atoms with Gasteiger partial charge in [-0.15, -0.1) is 0 Å². The van der Waals surface area contributed by atoms with Crippen LogP contribution in [0.15, 0.2) is 30.3 Å². The molecule has 1 heteroatoms. The molecule has 0 aliphatic heterocycles. The molecule has 5 rings (SSSR count). The highest BCUT2D eigenvalue weighted by molar-refractivity contribution is 5.17. The van der Waals surface area contributed by atoms with Gasteiger partial charge in [0.2, 0.25) is 0 Å². The van der Waals surface area contributed by atoms with Crippen LogP contribution in [0, 0.1) is 23.7 Å². The van der Waals surface area contributed by atoms with E-state index in [1.165, 1.54) is 29.2 Å². The summed E-state index contributed by atoms with van der Waals surface area (Å²) in [4.78, 5) is 0. The van der Waals surface area contributed by atoms with E-state index in [0.717, 1.165) is 6.61 Å². The van der Waals surface area contributed by atoms with Crippen LogP contribution >= 0.6 is 0 Å². The normalized spacial score (nSPS) is 30.3. The number of methoxy groups -OCH3 is 1. The lowest BCUT2D eigenvalue weighted by Gasteiger charge is -2.49. The Morgan fingerprint density at radius 1 is 0.826 bits per heavy atom. The van der Waals surface area contributed by atoms with Gasteiger partial charge in [-0.05, 0) is 80.6 Å². The van der Waals surface area contributed by atoms with Gasteiger partial charge in [0.15, 0.2) is 0 Å². The Kier molecular flexibility index (Phi) is 7.62. The Balaban J connectivity index is 0.000000138. The zero-order valence-corrected chi connectivity index (χ0v) is 15.6. The van der Waals surface area contributed by atoms with Crippen LogP contribution in [0.1, 0.15) is 70.8 Å². The van der Waals surface area contributed by atoms with E-state index in [4.69, 9.17) is 0 Å². The van der Waals surface area contributed by atoms with E-state index in [0.29, 0.717) is 5.92 Å². The van der Waals surface area contributed by atoms with Gasteiger partial charge in [-0.25, -0.2) is 0 Å². The van der Waals surface area contributed by atoms with Crippen LogP contribution < -0.4 is 0 Å². The van der Waals surface area contributed by atoms with Gasteiger partial charge in [-0.2, -0.15) is 0 Å². The van der Waals surface area contributed by atoms with Crippen molar-refractivity contribution in [3.63, 3.8) is 0 Å². The fraction of sp³-hybridized carbons (Fsp3) is 0.727. The first kappa shape index (κ1) is 18.5. The molecule has 0 radical (unpaired) electrons. The van der Waals surface area contributed by atoms with E-state index < -0.39 is 0 Å². The quantitative estimate of drug-likeness (QED) is 0.622. The molecule has 4 aliphatic rings. The predicted molar refractivity (Wildman–Crippen MR) is 99.7 cm³/mol. The minimum absolute atomic E-state index is 0.659. The second-order valence-corrected chi connectivity index (χ2v) is 8.02. The Labute approximate surface area is 143 Å². The van der Waals surface area contributed by atoms with Crippen molar-refractivity contribution in [3.8, 4) is 0 Å². The maximum Gasteiger partial charge on any atom is 0.0433 e. The Hall–Kier alpha value is -0.820. The van der Waals surface area contributed by atoms with Gasteiger partial charge >= 0.3 is 0 Å². The smallest absolute Gasteiger partial charge is 0.0433 e. The SMILES string of the molecule is C1C2CC3CC1CC(C2)C3.CC(C)c1ccccc1.CCOC. The second-order valence-electron chi connectivity index (χ2n) is 8.02. The van der Waals surface area contributed by atoms with E-state index in [2.05, 4.69) is 42.8 Å². The Bertz CT molecular complexity index is 364. The molecule has 0 unspecified atom stereocenters. The molecule has 1 nitrogen and oxygen atoms in total. The third-order valence-electron chi connectivity index (χ3n) is 5.75. The van der Waals surface area contributed by atoms with E-state index >= 15 is 0 Å². The van der Waals surface area contributed by atoms with Gasteiger partial charge in [-0.1, -0.05) is 44.2 Å². The average molecular weight is 317 g/mol. The first-order valence-electron chi connectivity index (χ1n) is 9.66. The molecular weight excluding hydrogens is 280 g/mol. The van der Waals surface area contributed by atoms with Crippen molar-refractivity contribution in [3.05, 3.63) is 35.9 Å². The molecule has 0 aromatic heterocycles. The first-order chi connectivity index (χ1) is 11.1. The van der Waals surface area contributed by atoms with Crippen LogP contribution in [-0.4, -0.2) is 13.7 Å². The molecule has 0 spiro atoms. The Morgan fingerprint density at radius 3 is 1.39 bits per heavy atom. The molecule has 0 atom stereocenters. The highest BCUT2D eigenvalue weighted by atomic mass is 16.5. The Morgan fingerprint density at radius 2 is 1.17 bits per heavy atom. The summed E-state index contributed by atoms with van der Waals surface area (Å²) in [5.41, 5.74) is 1.41. The summed E-state index contributed by atoms with van der Waals surface area (Å²) < 4.78 is 4.54. The molecular formula is C22H36O. The zero-order chi connectivity index (χ0) is 16.7. The van der Waals surface area contributed by atoms with Crippen molar-refractivity contribution in [2.24, 2.45) is 23.7 Å². The van der Waals surface area contributed by atoms with Gasteiger partial charge in [0.1, 0.15) is 0 Å². The summed E-state index contributed by atoms with van der Waals surface area (Å²) in [6, 6.07) is 10.5. The molecule has 1 aromatic carbocycles. The molecule has 4 fully saturated rings. The highest BCUT2D eigenvalue weighted by Gasteiger charge is 2.41. The maximum atomic E-state index is 4.54. The van der Waals surface area contributed by atoms with Crippen LogP contribution in [0.5, 0.6) is 0 Å². The molecule has 0 saturated heterocycles. The summed E-state index contributed by atoms with van der Waals surface area (Å²) in [5.74, 6) is 5.37. The third-order valence-corrected chi connectivity index (χ3v) is 5.75. The van der Waals surface area contributed by atoms with Crippen LogP contribution in [0.25, 0.3) is 0 Å². The van der Waals surface area contributed by atoms with Gasteiger partial charge < -0.3 is 4.74 Å². The lowest BCUT2D eigenvalue weighted by Crippen LogP contribution is -2.38. The van der Waals surface area contributed by atoms with Crippen LogP contribution in [0.4, 0.5) is 0 Å². The fourth-order valence-electron chi connectivity index (χ4n) is 4.82. The molecule has 4 saturated carbocycles. The number of rotatable bonds is 2. The van der Waals surface area contributed by atoms with E-state index in [1.807, 2.05) is 13.0 Å². The summed E-state index contributed by atoms with van der Waals surface area (Å²) in [6.07, 6.45) is 9.62. The van der Waals surface area contributed by atoms with E-state index in [9.17, 15) is 0 Å². The van der Waals surface area contributed by atoms with E-state index in [1.54, 1.807) is 45.6 Å². The highest BCUT2D eigenvalue weighted by Crippen LogP contribution is 2.53. The minimum Gasteiger partial charge on any atom is -0.385 e. The molecule has 4 bridgehead atoms. The van der Waals surface area contributed by atoms with Gasteiger partial charge in [-0.3, -0.25) is 0 Å². The van der Waals surface area contributed by atoms with Crippen molar-refractivity contribution in [2.45, 2.75) is 65.2 Å². The molecule has 4 aliphatic carbocycles. The van der Waals surface area contributed by atoms with Crippen molar-refractivity contribution in [1.29, 1.82) is 0 Å². The van der Waals surface area contributed by atoms with Gasteiger partial charge in [0.05, 0.1) is 0 Å². The van der Waals surface area contributed by atoms with Crippen molar-refractivity contribution in [1.82, 2.24) is 0 Å². The molecule has 1 aromatic rings. The number of benzene rings is 1. The van der Waals surface area contributed by atoms with Crippen LogP contribution in [0.3, 0.4) is 0 Å². The second kappa shape index (κ2) is 9.47. The van der Waals surface area contributed by atoms with Crippen molar-refractivity contribution in [2.75, 3.05) is 13.7 Å². The summed E-state index contributed by atoms with van der Waals surface area (Å²) in [6.45, 7) is 7.19. The molecule has 23 heavy (non-hydrogen) atoms. The molecule has 0 amide bonds. The monoisotopic (exact) mass is 316 g/mol. The number of ether oxygens (including phenoxy) is 1. The number of hydrogen-bond donors (Lipinski definition) is 0. The summed E-state index contributed by atoms with van der Waals surface area (Å²) in [7, 11) is 1.68. The average Bonchev–Trinajstić information content (AvgIpc) is 2.55. The van der Waals surface area contributed by atoms with Crippen molar-refractivity contribution >= 4 is 0 Å². The van der Waals surface area contributed by atoms with Crippen molar-refractivity contribution < 1.29 is 4.74 Å². The fourth-order valence-corrected chi connectivity index (χ4v) is 4.82. The van der Waals surface area contributed by atoms with Crippen LogP contribution in [0.2, 0.25) is 0 Å². The number of hydrogen-bond acceptors (Lipinski definition) is 1. The summed E-state index contributed by atoms with van der Waals surface area (Å²) >= 11 is 0. The zero-order valence-electron chi connectivity index (χ0n) is 15.6. The van der Waals surface area contributed by atoms with Gasteiger partial charge in [0.25, 0.3) is 0 Å².